The molecule has 27 heavy (non-hydrogen) atoms. The van der Waals surface area contributed by atoms with Gasteiger partial charge in [0.25, 0.3) is 6.02 Å². The van der Waals surface area contributed by atoms with Crippen molar-refractivity contribution in [3.8, 4) is 22.9 Å². The number of aliphatic imine (C=N–C) groups is 1. The summed E-state index contributed by atoms with van der Waals surface area (Å²) in [6.07, 6.45) is 0.704. The highest BCUT2D eigenvalue weighted by Gasteiger charge is 2.64. The van der Waals surface area contributed by atoms with E-state index in [9.17, 15) is 5.26 Å². The number of rotatable bonds is 1. The largest absolute Gasteiger partial charge is 0.487 e. The van der Waals surface area contributed by atoms with Gasteiger partial charge in [-0.3, -0.25) is 0 Å². The Hall–Kier alpha value is -3.04. The summed E-state index contributed by atoms with van der Waals surface area (Å²) in [5.41, 5.74) is 8.00. The van der Waals surface area contributed by atoms with Crippen LogP contribution in [0.15, 0.2) is 47.5 Å². The molecule has 3 heterocycles. The molecule has 0 unspecified atom stereocenters. The van der Waals surface area contributed by atoms with Gasteiger partial charge in [-0.1, -0.05) is 18.2 Å². The minimum Gasteiger partial charge on any atom is -0.487 e. The molecule has 5 rings (SSSR count). The summed E-state index contributed by atoms with van der Waals surface area (Å²) in [6.45, 7) is 2.97. The van der Waals surface area contributed by atoms with Crippen molar-refractivity contribution in [1.82, 2.24) is 0 Å². The zero-order chi connectivity index (χ0) is 18.6. The number of nitrogens with zero attached hydrogens (tertiary/aromatic N) is 2. The molecular formula is C21H19N3O3. The Morgan fingerprint density at radius 2 is 2.07 bits per heavy atom. The summed E-state index contributed by atoms with van der Waals surface area (Å²) in [4.78, 5) is 4.72. The van der Waals surface area contributed by atoms with Crippen LogP contribution in [0.3, 0.4) is 0 Å². The summed E-state index contributed by atoms with van der Waals surface area (Å²) in [5.74, 6) is 0.783. The molecule has 1 saturated heterocycles. The van der Waals surface area contributed by atoms with Crippen molar-refractivity contribution < 1.29 is 14.2 Å². The number of fused-ring (bicyclic) bond motifs is 4. The summed E-state index contributed by atoms with van der Waals surface area (Å²) < 4.78 is 18.0. The van der Waals surface area contributed by atoms with Gasteiger partial charge in [0.15, 0.2) is 5.54 Å². The molecule has 0 aliphatic carbocycles. The van der Waals surface area contributed by atoms with Crippen molar-refractivity contribution in [1.29, 1.82) is 5.26 Å². The van der Waals surface area contributed by atoms with Crippen molar-refractivity contribution in [3.05, 3.63) is 53.6 Å². The van der Waals surface area contributed by atoms with E-state index >= 15 is 0 Å². The van der Waals surface area contributed by atoms with Crippen LogP contribution in [-0.4, -0.2) is 30.9 Å². The van der Waals surface area contributed by atoms with Gasteiger partial charge in [-0.05, 0) is 42.3 Å². The maximum atomic E-state index is 9.20. The zero-order valence-electron chi connectivity index (χ0n) is 14.9. The van der Waals surface area contributed by atoms with Crippen LogP contribution >= 0.6 is 0 Å². The van der Waals surface area contributed by atoms with E-state index in [2.05, 4.69) is 12.1 Å². The molecule has 0 bridgehead atoms. The maximum absolute atomic E-state index is 9.20. The molecule has 6 nitrogen and oxygen atoms in total. The van der Waals surface area contributed by atoms with Crippen LogP contribution in [0.1, 0.15) is 24.5 Å². The Balaban J connectivity index is 1.71. The number of ether oxygens (including phenoxy) is 3. The second-order valence-electron chi connectivity index (χ2n) is 7.35. The van der Waals surface area contributed by atoms with E-state index in [0.717, 1.165) is 28.9 Å². The Morgan fingerprint density at radius 1 is 1.22 bits per heavy atom. The molecule has 6 heteroatoms. The molecule has 136 valence electrons. The van der Waals surface area contributed by atoms with Crippen LogP contribution in [-0.2, 0) is 15.0 Å². The molecule has 1 spiro atoms. The van der Waals surface area contributed by atoms with Crippen LogP contribution in [0.25, 0.3) is 11.1 Å². The third kappa shape index (κ3) is 2.12. The highest BCUT2D eigenvalue weighted by Crippen LogP contribution is 2.55. The summed E-state index contributed by atoms with van der Waals surface area (Å²) in [5, 5.41) is 9.20. The Labute approximate surface area is 157 Å². The van der Waals surface area contributed by atoms with Gasteiger partial charge >= 0.3 is 0 Å². The van der Waals surface area contributed by atoms with E-state index in [1.54, 1.807) is 6.07 Å². The summed E-state index contributed by atoms with van der Waals surface area (Å²) >= 11 is 0. The Bertz CT molecular complexity index is 1010. The van der Waals surface area contributed by atoms with Crippen LogP contribution in [0.4, 0.5) is 0 Å². The number of nitrogens with two attached hydrogens (primary N) is 1. The van der Waals surface area contributed by atoms with Gasteiger partial charge in [-0.25, -0.2) is 4.99 Å². The van der Waals surface area contributed by atoms with Crippen molar-refractivity contribution in [3.63, 3.8) is 0 Å². The first kappa shape index (κ1) is 16.2. The first-order valence-corrected chi connectivity index (χ1v) is 8.99. The predicted octanol–water partition coefficient (Wildman–Crippen LogP) is 2.71. The van der Waals surface area contributed by atoms with Crippen LogP contribution < -0.4 is 10.5 Å². The molecular weight excluding hydrogens is 342 g/mol. The molecule has 0 amide bonds. The minimum atomic E-state index is -0.741. The topological polar surface area (TPSA) is 89.9 Å². The van der Waals surface area contributed by atoms with Crippen LogP contribution in [0.5, 0.6) is 5.75 Å². The maximum Gasteiger partial charge on any atom is 0.283 e. The lowest BCUT2D eigenvalue weighted by Crippen LogP contribution is -2.59. The van der Waals surface area contributed by atoms with Crippen molar-refractivity contribution in [2.24, 2.45) is 10.7 Å². The number of nitriles is 1. The van der Waals surface area contributed by atoms with Gasteiger partial charge in [0, 0.05) is 12.0 Å². The fraction of sp³-hybridized carbons (Fsp3) is 0.333. The predicted molar refractivity (Wildman–Crippen MR) is 99.2 cm³/mol. The number of hydrogen-bond donors (Lipinski definition) is 1. The fourth-order valence-electron chi connectivity index (χ4n) is 4.45. The van der Waals surface area contributed by atoms with E-state index < -0.39 is 11.1 Å². The second-order valence-corrected chi connectivity index (χ2v) is 7.35. The average molecular weight is 361 g/mol. The van der Waals surface area contributed by atoms with Crippen LogP contribution in [0.2, 0.25) is 0 Å². The van der Waals surface area contributed by atoms with Crippen molar-refractivity contribution >= 4 is 6.02 Å². The standard InChI is InChI=1S/C21H19N3O3/c1-20-18(7-8-26-20)27-17-6-5-15(14-4-2-3-13(9-14)11-22)10-16(17)21(20)12-25-19(23)24-21/h2-6,9-10,18H,7-8,12H2,1H3,(H2,23,24)/t18-,20+,21-/m1/s1. The number of amidine groups is 1. The normalized spacial score (nSPS) is 30.7. The molecule has 2 aromatic carbocycles. The van der Waals surface area contributed by atoms with Crippen molar-refractivity contribution in [2.75, 3.05) is 13.2 Å². The van der Waals surface area contributed by atoms with E-state index in [-0.39, 0.29) is 12.1 Å². The number of hydrogen-bond acceptors (Lipinski definition) is 6. The first-order valence-electron chi connectivity index (χ1n) is 8.99. The second kappa shape index (κ2) is 5.48. The lowest BCUT2D eigenvalue weighted by atomic mass is 9.71. The van der Waals surface area contributed by atoms with E-state index in [4.69, 9.17) is 24.9 Å². The van der Waals surface area contributed by atoms with E-state index in [1.807, 2.05) is 37.3 Å². The molecule has 3 atom stereocenters. The lowest BCUT2D eigenvalue weighted by Gasteiger charge is -2.47. The molecule has 2 aromatic rings. The molecule has 1 fully saturated rings. The monoisotopic (exact) mass is 361 g/mol. The minimum absolute atomic E-state index is 0.101. The molecule has 0 saturated carbocycles. The Kier molecular flexibility index (Phi) is 3.28. The highest BCUT2D eigenvalue weighted by atomic mass is 16.6. The SMILES string of the molecule is C[C@]12OCC[C@H]1Oc1ccc(-c3cccc(C#N)c3)cc1[C@]21COC(N)=N1. The van der Waals surface area contributed by atoms with Gasteiger partial charge in [-0.15, -0.1) is 0 Å². The zero-order valence-corrected chi connectivity index (χ0v) is 14.9. The third-order valence-electron chi connectivity index (χ3n) is 5.97. The summed E-state index contributed by atoms with van der Waals surface area (Å²) in [7, 11) is 0. The lowest BCUT2D eigenvalue weighted by molar-refractivity contribution is -0.110. The molecule has 0 radical (unpaired) electrons. The highest BCUT2D eigenvalue weighted by molar-refractivity contribution is 5.76. The Morgan fingerprint density at radius 3 is 2.85 bits per heavy atom. The molecule has 3 aliphatic heterocycles. The quantitative estimate of drug-likeness (QED) is 0.843. The van der Waals surface area contributed by atoms with Gasteiger partial charge in [0.2, 0.25) is 0 Å². The fourth-order valence-corrected chi connectivity index (χ4v) is 4.45. The third-order valence-corrected chi connectivity index (χ3v) is 5.97. The van der Waals surface area contributed by atoms with Gasteiger partial charge in [-0.2, -0.15) is 5.26 Å². The smallest absolute Gasteiger partial charge is 0.283 e. The van der Waals surface area contributed by atoms with E-state index in [1.165, 1.54) is 0 Å². The average Bonchev–Trinajstić information content (AvgIpc) is 3.27. The summed E-state index contributed by atoms with van der Waals surface area (Å²) in [6, 6.07) is 15.9. The van der Waals surface area contributed by atoms with E-state index in [0.29, 0.717) is 18.8 Å². The van der Waals surface area contributed by atoms with Gasteiger partial charge in [0.05, 0.1) is 18.2 Å². The van der Waals surface area contributed by atoms with Gasteiger partial charge in [0.1, 0.15) is 24.1 Å². The number of benzene rings is 2. The van der Waals surface area contributed by atoms with Crippen LogP contribution in [0, 0.1) is 11.3 Å². The molecule has 0 aromatic heterocycles. The van der Waals surface area contributed by atoms with Gasteiger partial charge < -0.3 is 19.9 Å². The first-order chi connectivity index (χ1) is 13.1. The van der Waals surface area contributed by atoms with Crippen molar-refractivity contribution in [2.45, 2.75) is 30.6 Å². The molecule has 3 aliphatic rings. The molecule has 2 N–H and O–H groups in total.